The molecule has 0 spiro atoms. The molecule has 0 aliphatic carbocycles. The number of carboxylic acids is 1. The molecule has 2 N–H and O–H groups in total. The van der Waals surface area contributed by atoms with E-state index in [2.05, 4.69) is 47.8 Å². The van der Waals surface area contributed by atoms with Crippen LogP contribution >= 0.6 is 11.9 Å². The van der Waals surface area contributed by atoms with E-state index in [4.69, 9.17) is 9.84 Å². The monoisotopic (exact) mass is 500 g/mol. The molecular weight excluding hydrogens is 460 g/mol. The predicted molar refractivity (Wildman–Crippen MR) is 143 cm³/mol. The fourth-order valence-corrected chi connectivity index (χ4v) is 4.74. The average molecular weight is 501 g/mol. The summed E-state index contributed by atoms with van der Waals surface area (Å²) in [6.07, 6.45) is 6.41. The van der Waals surface area contributed by atoms with Gasteiger partial charge >= 0.3 is 11.9 Å². The van der Waals surface area contributed by atoms with Crippen molar-refractivity contribution in [3.05, 3.63) is 53.7 Å². The summed E-state index contributed by atoms with van der Waals surface area (Å²) >= 11 is 1.44. The van der Waals surface area contributed by atoms with Crippen LogP contribution in [0, 0.1) is 10.8 Å². The third-order valence-electron chi connectivity index (χ3n) is 5.65. The summed E-state index contributed by atoms with van der Waals surface area (Å²) in [5.74, 6) is -0.499. The van der Waals surface area contributed by atoms with E-state index in [-0.39, 0.29) is 16.9 Å². The van der Waals surface area contributed by atoms with Gasteiger partial charge in [-0.2, -0.15) is 0 Å². The van der Waals surface area contributed by atoms with Crippen LogP contribution in [0.25, 0.3) is 0 Å². The molecule has 6 nitrogen and oxygen atoms in total. The molecular formula is C28H40N2O4S. The van der Waals surface area contributed by atoms with E-state index in [1.807, 2.05) is 34.6 Å². The van der Waals surface area contributed by atoms with Gasteiger partial charge in [0.25, 0.3) is 0 Å². The van der Waals surface area contributed by atoms with Crippen molar-refractivity contribution in [2.45, 2.75) is 91.1 Å². The van der Waals surface area contributed by atoms with Crippen LogP contribution in [-0.2, 0) is 16.0 Å². The number of esters is 1. The molecule has 0 radical (unpaired) electrons. The highest BCUT2D eigenvalue weighted by Crippen LogP contribution is 2.39. The van der Waals surface area contributed by atoms with Gasteiger partial charge in [0.05, 0.1) is 11.0 Å². The van der Waals surface area contributed by atoms with Crippen molar-refractivity contribution >= 4 is 29.7 Å². The predicted octanol–water partition coefficient (Wildman–Crippen LogP) is 7.40. The van der Waals surface area contributed by atoms with Gasteiger partial charge in [0.2, 0.25) is 0 Å². The Morgan fingerprint density at radius 1 is 0.971 bits per heavy atom. The van der Waals surface area contributed by atoms with E-state index in [9.17, 15) is 9.59 Å². The van der Waals surface area contributed by atoms with Crippen molar-refractivity contribution in [3.63, 3.8) is 0 Å². The Labute approximate surface area is 214 Å². The van der Waals surface area contributed by atoms with Crippen molar-refractivity contribution in [2.75, 3.05) is 4.72 Å². The van der Waals surface area contributed by atoms with Crippen LogP contribution in [-0.4, -0.2) is 27.6 Å². The highest BCUT2D eigenvalue weighted by Gasteiger charge is 2.37. The summed E-state index contributed by atoms with van der Waals surface area (Å²) < 4.78 is 8.76. The van der Waals surface area contributed by atoms with Crippen molar-refractivity contribution in [1.29, 1.82) is 0 Å². The number of hydrogen-bond acceptors (Lipinski definition) is 6. The fraction of sp³-hybridized carbons (Fsp3) is 0.536. The van der Waals surface area contributed by atoms with Gasteiger partial charge in [-0.25, -0.2) is 9.78 Å². The zero-order valence-corrected chi connectivity index (χ0v) is 22.9. The van der Waals surface area contributed by atoms with Gasteiger partial charge in [-0.15, -0.1) is 0 Å². The normalized spacial score (nSPS) is 12.3. The summed E-state index contributed by atoms with van der Waals surface area (Å²) in [4.78, 5) is 28.7. The largest absolute Gasteiger partial charge is 0.478 e. The number of hydrogen-bond donors (Lipinski definition) is 2. The van der Waals surface area contributed by atoms with E-state index in [1.165, 1.54) is 29.8 Å². The number of aromatic nitrogens is 1. The number of aryl methyl sites for hydroxylation is 1. The Bertz CT molecular complexity index is 978. The van der Waals surface area contributed by atoms with Gasteiger partial charge in [0.1, 0.15) is 11.4 Å². The number of nitrogens with zero attached hydrogens (tertiary/aromatic N) is 1. The topological polar surface area (TPSA) is 88.5 Å². The molecule has 1 heterocycles. The summed E-state index contributed by atoms with van der Waals surface area (Å²) in [5.41, 5.74) is 0.549. The second kappa shape index (κ2) is 11.9. The van der Waals surface area contributed by atoms with Gasteiger partial charge in [-0.3, -0.25) is 4.79 Å². The minimum absolute atomic E-state index is 0.0588. The Morgan fingerprint density at radius 2 is 1.63 bits per heavy atom. The molecule has 192 valence electrons. The van der Waals surface area contributed by atoms with Crippen LogP contribution in [0.3, 0.4) is 0 Å². The molecule has 0 fully saturated rings. The lowest BCUT2D eigenvalue weighted by Crippen LogP contribution is -2.36. The summed E-state index contributed by atoms with van der Waals surface area (Å²) in [6.45, 7) is 14.2. The molecule has 0 saturated carbocycles. The number of pyridine rings is 1. The Hall–Kier alpha value is -2.54. The second-order valence-corrected chi connectivity index (χ2v) is 12.4. The first kappa shape index (κ1) is 28.7. The van der Waals surface area contributed by atoms with Crippen molar-refractivity contribution in [2.24, 2.45) is 10.8 Å². The maximum absolute atomic E-state index is 12.6. The summed E-state index contributed by atoms with van der Waals surface area (Å²) in [5, 5.41) is 8.94. The lowest BCUT2D eigenvalue weighted by molar-refractivity contribution is -0.167. The molecule has 2 rings (SSSR count). The molecule has 0 saturated heterocycles. The number of nitrogens with one attached hydrogen (secondary N) is 1. The van der Waals surface area contributed by atoms with Gasteiger partial charge in [-0.05, 0) is 107 Å². The van der Waals surface area contributed by atoms with E-state index in [0.717, 1.165) is 37.0 Å². The van der Waals surface area contributed by atoms with E-state index < -0.39 is 17.0 Å². The number of unbranched alkanes of at least 4 members (excludes halogenated alkanes) is 1. The van der Waals surface area contributed by atoms with E-state index >= 15 is 0 Å². The van der Waals surface area contributed by atoms with E-state index in [1.54, 1.807) is 6.07 Å². The molecule has 1 aromatic carbocycles. The molecule has 0 amide bonds. The van der Waals surface area contributed by atoms with Gasteiger partial charge < -0.3 is 14.6 Å². The smallest absolute Gasteiger partial charge is 0.337 e. The number of rotatable bonds is 12. The number of benzene rings is 1. The van der Waals surface area contributed by atoms with Gasteiger partial charge in [0, 0.05) is 11.1 Å². The maximum atomic E-state index is 12.6. The van der Waals surface area contributed by atoms with E-state index in [0.29, 0.717) is 5.82 Å². The second-order valence-electron chi connectivity index (χ2n) is 11.5. The number of aromatic carboxylic acids is 1. The van der Waals surface area contributed by atoms with Crippen LogP contribution in [0.1, 0.15) is 90.1 Å². The van der Waals surface area contributed by atoms with Crippen LogP contribution in [0.2, 0.25) is 0 Å². The van der Waals surface area contributed by atoms with Gasteiger partial charge in [0.15, 0.2) is 0 Å². The standard InChI is InChI=1S/C28H40N2O4S/c1-26(2,3)34-25(33)28(6,7)19-27(4,5)17-9-8-10-20-11-14-22(15-12-20)35-30-23-16-13-21(18-29-23)24(31)32/h11-16,18H,8-10,17,19H2,1-7H3,(H,29,30)(H,31,32). The van der Waals surface area contributed by atoms with Crippen LogP contribution in [0.5, 0.6) is 0 Å². The van der Waals surface area contributed by atoms with Crippen molar-refractivity contribution in [3.8, 4) is 0 Å². The number of carboxylic acid groups (broad SMARTS) is 1. The van der Waals surface area contributed by atoms with Crippen LogP contribution < -0.4 is 4.72 Å². The Morgan fingerprint density at radius 3 is 2.17 bits per heavy atom. The number of ether oxygens (including phenoxy) is 1. The molecule has 1 aromatic heterocycles. The zero-order valence-electron chi connectivity index (χ0n) is 22.1. The molecule has 0 aliphatic heterocycles. The van der Waals surface area contributed by atoms with Crippen molar-refractivity contribution < 1.29 is 19.4 Å². The van der Waals surface area contributed by atoms with Gasteiger partial charge in [-0.1, -0.05) is 32.4 Å². The highest BCUT2D eigenvalue weighted by molar-refractivity contribution is 8.00. The molecule has 0 bridgehead atoms. The minimum atomic E-state index is -0.986. The summed E-state index contributed by atoms with van der Waals surface area (Å²) in [7, 11) is 0. The quantitative estimate of drug-likeness (QED) is 0.178. The lowest BCUT2D eigenvalue weighted by atomic mass is 9.72. The average Bonchev–Trinajstić information content (AvgIpc) is 2.74. The molecule has 0 unspecified atom stereocenters. The molecule has 7 heteroatoms. The first-order valence-electron chi connectivity index (χ1n) is 12.1. The zero-order chi connectivity index (χ0) is 26.3. The number of carbonyl (C=O) groups excluding carboxylic acids is 1. The van der Waals surface area contributed by atoms with Crippen molar-refractivity contribution in [1.82, 2.24) is 4.98 Å². The lowest BCUT2D eigenvalue weighted by Gasteiger charge is -2.35. The fourth-order valence-electron chi connectivity index (χ4n) is 4.12. The SMILES string of the molecule is CC(C)(CCCCc1ccc(SNc2ccc(C(=O)O)cn2)cc1)CC(C)(C)C(=O)OC(C)(C)C. The molecule has 35 heavy (non-hydrogen) atoms. The minimum Gasteiger partial charge on any atom is -0.478 e. The first-order valence-corrected chi connectivity index (χ1v) is 12.9. The first-order chi connectivity index (χ1) is 16.2. The van der Waals surface area contributed by atoms with Crippen LogP contribution in [0.15, 0.2) is 47.5 Å². The molecule has 0 atom stereocenters. The third-order valence-corrected chi connectivity index (χ3v) is 6.47. The Kier molecular flexibility index (Phi) is 9.78. The Balaban J connectivity index is 1.75. The highest BCUT2D eigenvalue weighted by atomic mass is 32.2. The maximum Gasteiger partial charge on any atom is 0.337 e. The third kappa shape index (κ3) is 10.3. The summed E-state index contributed by atoms with van der Waals surface area (Å²) in [6, 6.07) is 11.6. The number of carbonyl (C=O) groups is 2. The van der Waals surface area contributed by atoms with Crippen LogP contribution in [0.4, 0.5) is 5.82 Å². The molecule has 0 aliphatic rings. The molecule has 2 aromatic rings. The number of anilines is 1.